The summed E-state index contributed by atoms with van der Waals surface area (Å²) in [5, 5.41) is 43.5. The molecule has 0 aromatic heterocycles. The Morgan fingerprint density at radius 3 is 1.33 bits per heavy atom. The van der Waals surface area contributed by atoms with Crippen LogP contribution in [0, 0.1) is 0 Å². The second-order valence-corrected chi connectivity index (χ2v) is 13.6. The van der Waals surface area contributed by atoms with Crippen molar-refractivity contribution < 1.29 is 25.2 Å². The van der Waals surface area contributed by atoms with E-state index in [4.69, 9.17) is 0 Å². The van der Waals surface area contributed by atoms with E-state index >= 15 is 0 Å². The van der Waals surface area contributed by atoms with Crippen molar-refractivity contribution >= 4 is 5.91 Å². The molecule has 0 aliphatic carbocycles. The Morgan fingerprint density at radius 1 is 0.500 bits per heavy atom. The van der Waals surface area contributed by atoms with E-state index in [0.717, 1.165) is 64.2 Å². The van der Waals surface area contributed by atoms with E-state index in [1.807, 2.05) is 0 Å². The number of aliphatic hydroxyl groups is 4. The number of carbonyl (C=O) groups is 1. The van der Waals surface area contributed by atoms with Crippen LogP contribution in [-0.4, -0.2) is 57.3 Å². The first-order valence-electron chi connectivity index (χ1n) is 20.0. The van der Waals surface area contributed by atoms with Crippen LogP contribution in [0.4, 0.5) is 0 Å². The molecule has 6 heteroatoms. The van der Waals surface area contributed by atoms with Gasteiger partial charge in [0.25, 0.3) is 0 Å². The monoisotopic (exact) mass is 676 g/mol. The lowest BCUT2D eigenvalue weighted by Crippen LogP contribution is -2.53. The lowest BCUT2D eigenvalue weighted by atomic mass is 10.00. The second kappa shape index (κ2) is 36.5. The molecule has 0 radical (unpaired) electrons. The summed E-state index contributed by atoms with van der Waals surface area (Å²) in [4.78, 5) is 12.5. The SMILES string of the molecule is CCCCCC/C=C\CCCCCCCCC(O)C(=O)NC(CO)C(O)C(O)CCC/C=C/CC/C=C/CC/C=C/CCCCCCC. The van der Waals surface area contributed by atoms with Crippen molar-refractivity contribution in [2.75, 3.05) is 6.61 Å². The smallest absolute Gasteiger partial charge is 0.249 e. The molecule has 0 aromatic carbocycles. The normalized spacial score (nSPS) is 14.9. The van der Waals surface area contributed by atoms with Crippen molar-refractivity contribution in [2.24, 2.45) is 0 Å². The average molecular weight is 676 g/mol. The van der Waals surface area contributed by atoms with Gasteiger partial charge in [0.2, 0.25) is 5.91 Å². The van der Waals surface area contributed by atoms with Crippen LogP contribution in [0.5, 0.6) is 0 Å². The van der Waals surface area contributed by atoms with Crippen LogP contribution >= 0.6 is 0 Å². The maximum atomic E-state index is 12.5. The summed E-state index contributed by atoms with van der Waals surface area (Å²) in [7, 11) is 0. The van der Waals surface area contributed by atoms with E-state index < -0.39 is 36.9 Å². The van der Waals surface area contributed by atoms with Crippen LogP contribution in [0.15, 0.2) is 48.6 Å². The number of amides is 1. The second-order valence-electron chi connectivity index (χ2n) is 13.6. The third-order valence-electron chi connectivity index (χ3n) is 8.97. The van der Waals surface area contributed by atoms with Crippen LogP contribution in [0.3, 0.4) is 0 Å². The van der Waals surface area contributed by atoms with Gasteiger partial charge >= 0.3 is 0 Å². The Morgan fingerprint density at radius 2 is 0.875 bits per heavy atom. The van der Waals surface area contributed by atoms with Gasteiger partial charge in [0.15, 0.2) is 0 Å². The van der Waals surface area contributed by atoms with Crippen molar-refractivity contribution in [3.63, 3.8) is 0 Å². The van der Waals surface area contributed by atoms with Crippen molar-refractivity contribution in [1.82, 2.24) is 5.32 Å². The highest BCUT2D eigenvalue weighted by Crippen LogP contribution is 2.13. The molecule has 0 aromatic rings. The fourth-order valence-corrected chi connectivity index (χ4v) is 5.72. The van der Waals surface area contributed by atoms with Crippen LogP contribution in [0.25, 0.3) is 0 Å². The lowest BCUT2D eigenvalue weighted by molar-refractivity contribution is -0.132. The molecular formula is C42H77NO5. The van der Waals surface area contributed by atoms with E-state index in [1.54, 1.807) is 0 Å². The van der Waals surface area contributed by atoms with Gasteiger partial charge in [0.1, 0.15) is 12.2 Å². The summed E-state index contributed by atoms with van der Waals surface area (Å²) in [6, 6.07) is -1.01. The highest BCUT2D eigenvalue weighted by atomic mass is 16.3. The molecule has 0 saturated heterocycles. The number of carbonyl (C=O) groups excluding carboxylic acids is 1. The van der Waals surface area contributed by atoms with Gasteiger partial charge in [-0.05, 0) is 89.9 Å². The summed E-state index contributed by atoms with van der Waals surface area (Å²) in [5.74, 6) is -0.608. The lowest BCUT2D eigenvalue weighted by Gasteiger charge is -2.27. The zero-order valence-corrected chi connectivity index (χ0v) is 31.2. The zero-order valence-electron chi connectivity index (χ0n) is 31.2. The minimum absolute atomic E-state index is 0.349. The fourth-order valence-electron chi connectivity index (χ4n) is 5.72. The molecule has 0 spiro atoms. The van der Waals surface area contributed by atoms with Crippen molar-refractivity contribution in [2.45, 2.75) is 205 Å². The number of allylic oxidation sites excluding steroid dienone is 8. The average Bonchev–Trinajstić information content (AvgIpc) is 3.09. The predicted molar refractivity (Wildman–Crippen MR) is 205 cm³/mol. The van der Waals surface area contributed by atoms with Gasteiger partial charge < -0.3 is 25.7 Å². The van der Waals surface area contributed by atoms with Gasteiger partial charge in [0.05, 0.1) is 18.8 Å². The summed E-state index contributed by atoms with van der Waals surface area (Å²) in [6.45, 7) is 3.98. The molecule has 0 heterocycles. The number of hydrogen-bond donors (Lipinski definition) is 5. The van der Waals surface area contributed by atoms with Gasteiger partial charge in [-0.2, -0.15) is 0 Å². The standard InChI is InChI=1S/C42H77NO5/c1-3-5-7-9-11-13-15-17-19-20-21-22-24-25-27-29-31-33-35-39(45)41(47)38(37-44)43-42(48)40(46)36-34-32-30-28-26-23-18-16-14-12-10-8-6-4-2/h14-17,21-22,27,29,38-41,44-47H,3-13,18-20,23-26,28,30-37H2,1-2H3,(H,43,48)/b16-14-,17-15+,22-21+,29-27+. The summed E-state index contributed by atoms with van der Waals surface area (Å²) in [6.07, 6.45) is 42.7. The molecule has 6 nitrogen and oxygen atoms in total. The highest BCUT2D eigenvalue weighted by molar-refractivity contribution is 5.80. The molecule has 280 valence electrons. The number of hydrogen-bond acceptors (Lipinski definition) is 5. The Balaban J connectivity index is 3.90. The van der Waals surface area contributed by atoms with Crippen LogP contribution < -0.4 is 5.32 Å². The molecule has 4 unspecified atom stereocenters. The van der Waals surface area contributed by atoms with Gasteiger partial charge in [-0.25, -0.2) is 0 Å². The van der Waals surface area contributed by atoms with Crippen molar-refractivity contribution in [1.29, 1.82) is 0 Å². The minimum atomic E-state index is -1.29. The van der Waals surface area contributed by atoms with E-state index in [1.165, 1.54) is 83.5 Å². The fraction of sp³-hybridized carbons (Fsp3) is 0.786. The first-order chi connectivity index (χ1) is 23.5. The molecule has 1 amide bonds. The van der Waals surface area contributed by atoms with E-state index in [-0.39, 0.29) is 0 Å². The predicted octanol–water partition coefficient (Wildman–Crippen LogP) is 9.95. The van der Waals surface area contributed by atoms with Crippen LogP contribution in [-0.2, 0) is 4.79 Å². The minimum Gasteiger partial charge on any atom is -0.394 e. The topological polar surface area (TPSA) is 110 Å². The molecule has 4 atom stereocenters. The Kier molecular flexibility index (Phi) is 35.2. The van der Waals surface area contributed by atoms with Gasteiger partial charge in [0, 0.05) is 0 Å². The van der Waals surface area contributed by atoms with E-state index in [2.05, 4.69) is 67.8 Å². The molecule has 0 saturated carbocycles. The van der Waals surface area contributed by atoms with E-state index in [0.29, 0.717) is 19.3 Å². The summed E-state index contributed by atoms with van der Waals surface area (Å²) in [5.41, 5.74) is 0. The van der Waals surface area contributed by atoms with Crippen LogP contribution in [0.1, 0.15) is 181 Å². The first kappa shape index (κ1) is 46.3. The Hall–Kier alpha value is -1.73. The summed E-state index contributed by atoms with van der Waals surface area (Å²) >= 11 is 0. The molecule has 5 N–H and O–H groups in total. The quantitative estimate of drug-likeness (QED) is 0.0339. The maximum Gasteiger partial charge on any atom is 0.249 e. The molecule has 0 fully saturated rings. The van der Waals surface area contributed by atoms with Gasteiger partial charge in [-0.3, -0.25) is 4.79 Å². The van der Waals surface area contributed by atoms with E-state index in [9.17, 15) is 25.2 Å². The van der Waals surface area contributed by atoms with Crippen LogP contribution in [0.2, 0.25) is 0 Å². The largest absolute Gasteiger partial charge is 0.394 e. The highest BCUT2D eigenvalue weighted by Gasteiger charge is 2.28. The first-order valence-corrected chi connectivity index (χ1v) is 20.0. The number of unbranched alkanes of at least 4 members (excludes halogenated alkanes) is 18. The third kappa shape index (κ3) is 30.3. The zero-order chi connectivity index (χ0) is 35.3. The summed E-state index contributed by atoms with van der Waals surface area (Å²) < 4.78 is 0. The Bertz CT molecular complexity index is 808. The number of rotatable bonds is 35. The molecular weight excluding hydrogens is 598 g/mol. The van der Waals surface area contributed by atoms with Crippen molar-refractivity contribution in [3.05, 3.63) is 48.6 Å². The molecule has 0 aliphatic rings. The molecule has 0 bridgehead atoms. The molecule has 0 rings (SSSR count). The third-order valence-corrected chi connectivity index (χ3v) is 8.97. The van der Waals surface area contributed by atoms with Crippen molar-refractivity contribution in [3.8, 4) is 0 Å². The number of aliphatic hydroxyl groups excluding tert-OH is 4. The maximum absolute atomic E-state index is 12.5. The van der Waals surface area contributed by atoms with Gasteiger partial charge in [-0.15, -0.1) is 0 Å². The number of nitrogens with one attached hydrogen (secondary N) is 1. The Labute approximate surface area is 296 Å². The molecule has 0 aliphatic heterocycles. The van der Waals surface area contributed by atoms with Gasteiger partial charge in [-0.1, -0.05) is 140 Å². The molecule has 48 heavy (non-hydrogen) atoms.